The summed E-state index contributed by atoms with van der Waals surface area (Å²) >= 11 is 0. The third-order valence-corrected chi connectivity index (χ3v) is 5.90. The van der Waals surface area contributed by atoms with Crippen LogP contribution in [0.25, 0.3) is 0 Å². The fourth-order valence-electron chi connectivity index (χ4n) is 4.50. The molecule has 0 aliphatic heterocycles. The maximum atomic E-state index is 12.8. The topological polar surface area (TPSA) is 76.0 Å². The zero-order chi connectivity index (χ0) is 19.2. The summed E-state index contributed by atoms with van der Waals surface area (Å²) in [6, 6.07) is 12.4. The van der Waals surface area contributed by atoms with Gasteiger partial charge in [0.2, 0.25) is 0 Å². The minimum Gasteiger partial charge on any atom is -0.497 e. The van der Waals surface area contributed by atoms with Crippen molar-refractivity contribution in [3.8, 4) is 5.75 Å². The van der Waals surface area contributed by atoms with E-state index in [-0.39, 0.29) is 6.42 Å². The van der Waals surface area contributed by atoms with Crippen LogP contribution in [0.15, 0.2) is 42.5 Å². The first-order chi connectivity index (χ1) is 13.0. The average Bonchev–Trinajstić information content (AvgIpc) is 2.70. The lowest BCUT2D eigenvalue weighted by molar-refractivity contribution is -0.167. The van der Waals surface area contributed by atoms with Gasteiger partial charge in [-0.25, -0.2) is 0 Å². The largest absolute Gasteiger partial charge is 0.497 e. The van der Waals surface area contributed by atoms with Gasteiger partial charge >= 0.3 is 5.97 Å². The van der Waals surface area contributed by atoms with E-state index < -0.39 is 23.1 Å². The highest BCUT2D eigenvalue weighted by Crippen LogP contribution is 2.60. The molecule has 2 N–H and O–H groups in total. The molecule has 3 aliphatic carbocycles. The molecule has 0 saturated heterocycles. The summed E-state index contributed by atoms with van der Waals surface area (Å²) in [6.45, 7) is 2.34. The molecule has 5 nitrogen and oxygen atoms in total. The summed E-state index contributed by atoms with van der Waals surface area (Å²) in [5.41, 5.74) is -0.598. The molecule has 0 saturated carbocycles. The smallest absolute Gasteiger partial charge is 0.312 e. The highest BCUT2D eigenvalue weighted by atomic mass is 16.5. The van der Waals surface area contributed by atoms with Gasteiger partial charge in [-0.05, 0) is 40.8 Å². The van der Waals surface area contributed by atoms with Crippen LogP contribution < -0.4 is 4.74 Å². The Morgan fingerprint density at radius 3 is 2.52 bits per heavy atom. The fourth-order valence-corrected chi connectivity index (χ4v) is 4.50. The van der Waals surface area contributed by atoms with Crippen LogP contribution >= 0.6 is 0 Å². The Bertz CT molecular complexity index is 892. The third-order valence-electron chi connectivity index (χ3n) is 5.90. The Balaban J connectivity index is 1.88. The number of methoxy groups -OCH3 is 1. The molecule has 0 amide bonds. The molecule has 0 fully saturated rings. The molecule has 3 unspecified atom stereocenters. The molecule has 0 radical (unpaired) electrons. The normalized spacial score (nSPS) is 27.6. The Hall–Kier alpha value is -2.37. The van der Waals surface area contributed by atoms with Crippen LogP contribution in [-0.2, 0) is 20.7 Å². The first kappa shape index (κ1) is 18.0. The quantitative estimate of drug-likeness (QED) is 0.627. The number of hydrogen-bond acceptors (Lipinski definition) is 5. The standard InChI is InChI=1S/C22H24O5/c1-3-4-11-27-20(23)19-13-21(24)15-7-5-6-8-16(15)22(19,25)17-10-9-14(26-2)12-18(17)21/h5-10,12,19,24-25H,3-4,11,13H2,1-2H3. The summed E-state index contributed by atoms with van der Waals surface area (Å²) in [7, 11) is 1.56. The molecule has 27 heavy (non-hydrogen) atoms. The van der Waals surface area contributed by atoms with Crippen LogP contribution in [0.3, 0.4) is 0 Å². The zero-order valence-corrected chi connectivity index (χ0v) is 15.6. The van der Waals surface area contributed by atoms with Crippen molar-refractivity contribution in [2.24, 2.45) is 5.92 Å². The molecule has 5 rings (SSSR count). The van der Waals surface area contributed by atoms with Gasteiger partial charge in [-0.15, -0.1) is 0 Å². The number of esters is 1. The van der Waals surface area contributed by atoms with E-state index in [1.54, 1.807) is 37.4 Å². The van der Waals surface area contributed by atoms with E-state index in [2.05, 4.69) is 0 Å². The van der Waals surface area contributed by atoms with E-state index in [0.717, 1.165) is 12.8 Å². The predicted molar refractivity (Wildman–Crippen MR) is 99.4 cm³/mol. The molecule has 0 heterocycles. The monoisotopic (exact) mass is 368 g/mol. The number of carbonyl (C=O) groups excluding carboxylic acids is 1. The molecule has 0 aromatic heterocycles. The van der Waals surface area contributed by atoms with Gasteiger partial charge in [-0.1, -0.05) is 43.7 Å². The maximum absolute atomic E-state index is 12.8. The number of ether oxygens (including phenoxy) is 2. The lowest BCUT2D eigenvalue weighted by Crippen LogP contribution is -2.57. The van der Waals surface area contributed by atoms with Gasteiger partial charge in [0.25, 0.3) is 0 Å². The van der Waals surface area contributed by atoms with E-state index in [9.17, 15) is 15.0 Å². The van der Waals surface area contributed by atoms with Crippen molar-refractivity contribution in [3.05, 3.63) is 64.7 Å². The molecular weight excluding hydrogens is 344 g/mol. The summed E-state index contributed by atoms with van der Waals surface area (Å²) in [5, 5.41) is 23.5. The summed E-state index contributed by atoms with van der Waals surface area (Å²) in [4.78, 5) is 12.8. The Morgan fingerprint density at radius 2 is 1.81 bits per heavy atom. The second kappa shape index (κ2) is 6.36. The van der Waals surface area contributed by atoms with Crippen molar-refractivity contribution < 1.29 is 24.5 Å². The molecule has 2 aromatic carbocycles. The van der Waals surface area contributed by atoms with Crippen molar-refractivity contribution in [2.75, 3.05) is 13.7 Å². The van der Waals surface area contributed by atoms with Crippen LogP contribution in [0, 0.1) is 5.92 Å². The highest BCUT2D eigenvalue weighted by molar-refractivity contribution is 5.79. The summed E-state index contributed by atoms with van der Waals surface area (Å²) in [6.07, 6.45) is 1.76. The molecule has 142 valence electrons. The van der Waals surface area contributed by atoms with Crippen molar-refractivity contribution in [1.29, 1.82) is 0 Å². The van der Waals surface area contributed by atoms with E-state index in [0.29, 0.717) is 34.6 Å². The number of carbonyl (C=O) groups is 1. The van der Waals surface area contributed by atoms with E-state index in [1.807, 2.05) is 19.1 Å². The Morgan fingerprint density at radius 1 is 1.11 bits per heavy atom. The predicted octanol–water partition coefficient (Wildman–Crippen LogP) is 2.84. The number of aliphatic hydroxyl groups is 2. The van der Waals surface area contributed by atoms with E-state index >= 15 is 0 Å². The minimum atomic E-state index is -1.54. The van der Waals surface area contributed by atoms with Gasteiger partial charge in [0.15, 0.2) is 0 Å². The van der Waals surface area contributed by atoms with Crippen LogP contribution in [0.5, 0.6) is 5.75 Å². The lowest BCUT2D eigenvalue weighted by atomic mass is 9.54. The first-order valence-corrected chi connectivity index (χ1v) is 9.37. The van der Waals surface area contributed by atoms with Crippen LogP contribution in [0.1, 0.15) is 48.4 Å². The molecule has 2 aromatic rings. The van der Waals surface area contributed by atoms with Gasteiger partial charge in [0.1, 0.15) is 17.0 Å². The molecule has 0 spiro atoms. The minimum absolute atomic E-state index is 0.0750. The third kappa shape index (κ3) is 2.42. The van der Waals surface area contributed by atoms with Crippen molar-refractivity contribution in [1.82, 2.24) is 0 Å². The van der Waals surface area contributed by atoms with Crippen LogP contribution in [0.4, 0.5) is 0 Å². The lowest BCUT2D eigenvalue weighted by Gasteiger charge is -2.53. The van der Waals surface area contributed by atoms with Crippen molar-refractivity contribution in [2.45, 2.75) is 37.4 Å². The van der Waals surface area contributed by atoms with E-state index in [4.69, 9.17) is 9.47 Å². The second-order valence-electron chi connectivity index (χ2n) is 7.36. The maximum Gasteiger partial charge on any atom is 0.312 e. The van der Waals surface area contributed by atoms with Crippen molar-refractivity contribution >= 4 is 5.97 Å². The van der Waals surface area contributed by atoms with Gasteiger partial charge in [-0.3, -0.25) is 4.79 Å². The summed E-state index contributed by atoms with van der Waals surface area (Å²) in [5.74, 6) is -0.742. The Kier molecular flexibility index (Phi) is 4.24. The van der Waals surface area contributed by atoms with E-state index in [1.165, 1.54) is 0 Å². The van der Waals surface area contributed by atoms with Crippen molar-refractivity contribution in [3.63, 3.8) is 0 Å². The number of fused-ring (bicyclic) bond motifs is 1. The molecule has 5 heteroatoms. The zero-order valence-electron chi connectivity index (χ0n) is 15.6. The molecule has 3 aliphatic rings. The van der Waals surface area contributed by atoms with Gasteiger partial charge in [0, 0.05) is 6.42 Å². The summed E-state index contributed by atoms with van der Waals surface area (Å²) < 4.78 is 10.7. The molecule has 2 bridgehead atoms. The second-order valence-corrected chi connectivity index (χ2v) is 7.36. The Labute approximate surface area is 158 Å². The SMILES string of the molecule is CCCCOC(=O)C1CC2(O)c3ccccc3C1(O)c1ccc(OC)cc12. The fraction of sp³-hybridized carbons (Fsp3) is 0.409. The highest BCUT2D eigenvalue weighted by Gasteiger charge is 2.62. The van der Waals surface area contributed by atoms with Crippen LogP contribution in [-0.4, -0.2) is 29.9 Å². The van der Waals surface area contributed by atoms with Gasteiger partial charge in [-0.2, -0.15) is 0 Å². The van der Waals surface area contributed by atoms with Gasteiger partial charge in [0.05, 0.1) is 19.6 Å². The average molecular weight is 368 g/mol. The van der Waals surface area contributed by atoms with Gasteiger partial charge < -0.3 is 19.7 Å². The molecular formula is C22H24O5. The number of unbranched alkanes of at least 4 members (excludes halogenated alkanes) is 1. The number of rotatable bonds is 5. The van der Waals surface area contributed by atoms with Crippen LogP contribution in [0.2, 0.25) is 0 Å². The number of benzene rings is 2. The molecule has 3 atom stereocenters. The first-order valence-electron chi connectivity index (χ1n) is 9.37. The number of hydrogen-bond donors (Lipinski definition) is 2.